The van der Waals surface area contributed by atoms with Crippen LogP contribution < -0.4 is 15.0 Å². The van der Waals surface area contributed by atoms with Crippen molar-refractivity contribution in [1.29, 1.82) is 0 Å². The molecule has 7 nitrogen and oxygen atoms in total. The molecule has 1 aliphatic heterocycles. The molecule has 0 atom stereocenters. The molecular formula is C19H20N4O3. The molecule has 1 aromatic carbocycles. The highest BCUT2D eigenvalue weighted by atomic mass is 16.5. The predicted molar refractivity (Wildman–Crippen MR) is 100 cm³/mol. The lowest BCUT2D eigenvalue weighted by molar-refractivity contribution is 0.102. The van der Waals surface area contributed by atoms with E-state index < -0.39 is 0 Å². The molecule has 1 saturated heterocycles. The molecule has 134 valence electrons. The third kappa shape index (κ3) is 3.21. The Morgan fingerprint density at radius 1 is 1.27 bits per heavy atom. The highest BCUT2D eigenvalue weighted by Crippen LogP contribution is 2.25. The second kappa shape index (κ2) is 7.05. The number of rotatable bonds is 4. The summed E-state index contributed by atoms with van der Waals surface area (Å²) in [5.41, 5.74) is 2.04. The molecule has 3 aromatic rings. The van der Waals surface area contributed by atoms with Crippen LogP contribution in [0.2, 0.25) is 0 Å². The number of ether oxygens (including phenoxy) is 2. The number of aromatic nitrogens is 2. The molecule has 2 aromatic heterocycles. The van der Waals surface area contributed by atoms with Gasteiger partial charge in [-0.1, -0.05) is 0 Å². The number of pyridine rings is 1. The first-order valence-corrected chi connectivity index (χ1v) is 8.50. The molecule has 26 heavy (non-hydrogen) atoms. The van der Waals surface area contributed by atoms with E-state index in [0.717, 1.165) is 35.6 Å². The van der Waals surface area contributed by atoms with Gasteiger partial charge in [-0.2, -0.15) is 0 Å². The van der Waals surface area contributed by atoms with Gasteiger partial charge < -0.3 is 24.7 Å². The lowest BCUT2D eigenvalue weighted by Gasteiger charge is -2.29. The van der Waals surface area contributed by atoms with Gasteiger partial charge in [-0.3, -0.25) is 4.79 Å². The first-order valence-electron chi connectivity index (χ1n) is 8.50. The fourth-order valence-electron chi connectivity index (χ4n) is 3.07. The van der Waals surface area contributed by atoms with E-state index in [0.29, 0.717) is 24.6 Å². The van der Waals surface area contributed by atoms with E-state index in [2.05, 4.69) is 20.2 Å². The van der Waals surface area contributed by atoms with Crippen molar-refractivity contribution in [3.63, 3.8) is 0 Å². The third-order valence-corrected chi connectivity index (χ3v) is 4.42. The summed E-state index contributed by atoms with van der Waals surface area (Å²) in [7, 11) is 1.62. The monoisotopic (exact) mass is 352 g/mol. The molecule has 0 spiro atoms. The zero-order valence-corrected chi connectivity index (χ0v) is 14.5. The predicted octanol–water partition coefficient (Wildman–Crippen LogP) is 2.66. The average molecular weight is 352 g/mol. The number of carbonyl (C=O) groups is 1. The molecule has 2 N–H and O–H groups in total. The largest absolute Gasteiger partial charge is 0.497 e. The van der Waals surface area contributed by atoms with Crippen LogP contribution in [0.5, 0.6) is 5.75 Å². The van der Waals surface area contributed by atoms with Crippen molar-refractivity contribution in [1.82, 2.24) is 9.97 Å². The molecule has 0 unspecified atom stereocenters. The average Bonchev–Trinajstić information content (AvgIpc) is 3.12. The summed E-state index contributed by atoms with van der Waals surface area (Å²) < 4.78 is 10.6. The van der Waals surface area contributed by atoms with Gasteiger partial charge >= 0.3 is 0 Å². The Labute approximate surface area is 150 Å². The van der Waals surface area contributed by atoms with Crippen molar-refractivity contribution in [3.8, 4) is 5.75 Å². The Morgan fingerprint density at radius 3 is 2.92 bits per heavy atom. The Morgan fingerprint density at radius 2 is 2.12 bits per heavy atom. The highest BCUT2D eigenvalue weighted by Gasteiger charge is 2.18. The van der Waals surface area contributed by atoms with Gasteiger partial charge in [0.15, 0.2) is 5.82 Å². The van der Waals surface area contributed by atoms with Crippen molar-refractivity contribution < 1.29 is 14.3 Å². The number of hydrogen-bond donors (Lipinski definition) is 2. The van der Waals surface area contributed by atoms with Gasteiger partial charge in [0.1, 0.15) is 11.4 Å². The molecule has 0 bridgehead atoms. The van der Waals surface area contributed by atoms with E-state index in [1.54, 1.807) is 13.3 Å². The Bertz CT molecular complexity index is 931. The summed E-state index contributed by atoms with van der Waals surface area (Å²) >= 11 is 0. The molecule has 3 heterocycles. The van der Waals surface area contributed by atoms with Crippen LogP contribution in [0.3, 0.4) is 0 Å². The van der Waals surface area contributed by atoms with Crippen LogP contribution in [0.4, 0.5) is 11.5 Å². The van der Waals surface area contributed by atoms with Gasteiger partial charge in [-0.15, -0.1) is 0 Å². The normalized spacial score (nSPS) is 14.4. The topological polar surface area (TPSA) is 79.5 Å². The highest BCUT2D eigenvalue weighted by molar-refractivity contribution is 6.07. The van der Waals surface area contributed by atoms with Crippen molar-refractivity contribution in [2.45, 2.75) is 0 Å². The zero-order valence-electron chi connectivity index (χ0n) is 14.5. The second-order valence-corrected chi connectivity index (χ2v) is 6.06. The molecule has 7 heteroatoms. The molecule has 0 radical (unpaired) electrons. The Kier molecular flexibility index (Phi) is 4.45. The summed E-state index contributed by atoms with van der Waals surface area (Å²) in [5.74, 6) is 1.30. The van der Waals surface area contributed by atoms with Crippen LogP contribution in [0.15, 0.2) is 42.6 Å². The number of hydrogen-bond acceptors (Lipinski definition) is 5. The minimum atomic E-state index is -0.206. The number of anilines is 2. The minimum Gasteiger partial charge on any atom is -0.497 e. The number of morpholine rings is 1. The van der Waals surface area contributed by atoms with E-state index >= 15 is 0 Å². The van der Waals surface area contributed by atoms with Crippen LogP contribution in [0, 0.1) is 0 Å². The fraction of sp³-hybridized carbons (Fsp3) is 0.263. The standard InChI is InChI=1S/C19H20N4O3/c1-25-14-5-4-13-11-17(21-16(13)12-14)19(24)22-15-3-2-6-20-18(15)23-7-9-26-10-8-23/h2-6,11-12,21H,7-10H2,1H3,(H,22,24). The van der Waals surface area contributed by atoms with Gasteiger partial charge in [0.2, 0.25) is 0 Å². The van der Waals surface area contributed by atoms with Gasteiger partial charge in [-0.25, -0.2) is 4.98 Å². The number of nitrogens with zero attached hydrogens (tertiary/aromatic N) is 2. The fourth-order valence-corrected chi connectivity index (χ4v) is 3.07. The minimum absolute atomic E-state index is 0.206. The van der Waals surface area contributed by atoms with E-state index in [4.69, 9.17) is 9.47 Å². The van der Waals surface area contributed by atoms with Crippen LogP contribution in [-0.4, -0.2) is 49.3 Å². The lowest BCUT2D eigenvalue weighted by atomic mass is 10.2. The number of fused-ring (bicyclic) bond motifs is 1. The third-order valence-electron chi connectivity index (χ3n) is 4.42. The van der Waals surface area contributed by atoms with Gasteiger partial charge in [0.05, 0.1) is 26.0 Å². The first kappa shape index (κ1) is 16.4. The van der Waals surface area contributed by atoms with Gasteiger partial charge in [0, 0.05) is 36.3 Å². The van der Waals surface area contributed by atoms with Crippen LogP contribution in [0.1, 0.15) is 10.5 Å². The summed E-state index contributed by atoms with van der Waals surface area (Å²) in [6.07, 6.45) is 1.73. The number of aromatic amines is 1. The zero-order chi connectivity index (χ0) is 17.9. The second-order valence-electron chi connectivity index (χ2n) is 6.06. The number of methoxy groups -OCH3 is 1. The molecular weight excluding hydrogens is 332 g/mol. The summed E-state index contributed by atoms with van der Waals surface area (Å²) in [4.78, 5) is 22.4. The smallest absolute Gasteiger partial charge is 0.272 e. The van der Waals surface area contributed by atoms with Gasteiger partial charge in [-0.05, 0) is 30.3 Å². The maximum absolute atomic E-state index is 12.7. The maximum atomic E-state index is 12.7. The van der Waals surface area contributed by atoms with E-state index in [1.807, 2.05) is 36.4 Å². The van der Waals surface area contributed by atoms with Crippen molar-refractivity contribution in [2.24, 2.45) is 0 Å². The molecule has 1 aliphatic rings. The summed E-state index contributed by atoms with van der Waals surface area (Å²) in [5, 5.41) is 3.92. The molecule has 4 rings (SSSR count). The van der Waals surface area contributed by atoms with E-state index in [1.165, 1.54) is 0 Å². The Hall–Kier alpha value is -3.06. The van der Waals surface area contributed by atoms with Crippen molar-refractivity contribution >= 4 is 28.3 Å². The summed E-state index contributed by atoms with van der Waals surface area (Å²) in [6, 6.07) is 11.2. The van der Waals surface area contributed by atoms with Crippen LogP contribution >= 0.6 is 0 Å². The van der Waals surface area contributed by atoms with E-state index in [-0.39, 0.29) is 5.91 Å². The Balaban J connectivity index is 1.58. The van der Waals surface area contributed by atoms with Crippen molar-refractivity contribution in [2.75, 3.05) is 43.6 Å². The number of H-pyrrole nitrogens is 1. The first-order chi connectivity index (χ1) is 12.7. The maximum Gasteiger partial charge on any atom is 0.272 e. The van der Waals surface area contributed by atoms with E-state index in [9.17, 15) is 4.79 Å². The number of benzene rings is 1. The molecule has 1 fully saturated rings. The van der Waals surface area contributed by atoms with Crippen LogP contribution in [-0.2, 0) is 4.74 Å². The van der Waals surface area contributed by atoms with Gasteiger partial charge in [0.25, 0.3) is 5.91 Å². The van der Waals surface area contributed by atoms with Crippen molar-refractivity contribution in [3.05, 3.63) is 48.3 Å². The number of nitrogens with one attached hydrogen (secondary N) is 2. The molecule has 1 amide bonds. The van der Waals surface area contributed by atoms with Crippen LogP contribution in [0.25, 0.3) is 10.9 Å². The lowest BCUT2D eigenvalue weighted by Crippen LogP contribution is -2.37. The summed E-state index contributed by atoms with van der Waals surface area (Å²) in [6.45, 7) is 2.83. The molecule has 0 saturated carbocycles. The number of carbonyl (C=O) groups excluding carboxylic acids is 1. The molecule has 0 aliphatic carbocycles. The number of amides is 1. The SMILES string of the molecule is COc1ccc2cc(C(=O)Nc3cccnc3N3CCOCC3)[nH]c2c1. The quantitative estimate of drug-likeness (QED) is 0.755.